The highest BCUT2D eigenvalue weighted by molar-refractivity contribution is 5.73. The van der Waals surface area contributed by atoms with Gasteiger partial charge in [0, 0.05) is 26.0 Å². The molecule has 1 N–H and O–H groups in total. The van der Waals surface area contributed by atoms with E-state index in [0.717, 1.165) is 36.5 Å². The summed E-state index contributed by atoms with van der Waals surface area (Å²) in [6.45, 7) is 3.51. The minimum absolute atomic E-state index is 0.0488. The predicted molar refractivity (Wildman–Crippen MR) is 87.8 cm³/mol. The molecule has 24 heavy (non-hydrogen) atoms. The molecular weight excluding hydrogens is 316 g/mol. The number of piperidine rings is 1. The molecule has 2 rings (SSSR count). The first kappa shape index (κ1) is 18.6. The number of likely N-dealkylation sites (tertiary alicyclic amines) is 1. The van der Waals surface area contributed by atoms with Crippen molar-refractivity contribution in [3.05, 3.63) is 18.2 Å². The molecule has 0 saturated carbocycles. The molecule has 0 radical (unpaired) electrons. The van der Waals surface area contributed by atoms with Crippen molar-refractivity contribution in [2.45, 2.75) is 39.3 Å². The summed E-state index contributed by atoms with van der Waals surface area (Å²) in [5.41, 5.74) is 0. The van der Waals surface area contributed by atoms with Crippen LogP contribution in [0.3, 0.4) is 0 Å². The Morgan fingerprint density at radius 3 is 2.83 bits per heavy atom. The number of hydrogen-bond donors (Lipinski definition) is 1. The quantitative estimate of drug-likeness (QED) is 0.774. The van der Waals surface area contributed by atoms with Gasteiger partial charge >= 0.3 is 12.6 Å². The Morgan fingerprint density at radius 1 is 1.46 bits per heavy atom. The maximum absolute atomic E-state index is 12.8. The zero-order valence-corrected chi connectivity index (χ0v) is 14.4. The summed E-state index contributed by atoms with van der Waals surface area (Å²) in [6, 6.07) is -0.272. The van der Waals surface area contributed by atoms with Crippen LogP contribution in [0.5, 0.6) is 0 Å². The first-order valence-corrected chi connectivity index (χ1v) is 8.48. The molecule has 0 unspecified atom stereocenters. The van der Waals surface area contributed by atoms with Crippen molar-refractivity contribution >= 4 is 6.03 Å². The van der Waals surface area contributed by atoms with E-state index in [2.05, 4.69) is 22.1 Å². The van der Waals surface area contributed by atoms with Gasteiger partial charge in [-0.05, 0) is 44.8 Å². The molecule has 0 bridgehead atoms. The van der Waals surface area contributed by atoms with Crippen LogP contribution in [0.2, 0.25) is 0 Å². The van der Waals surface area contributed by atoms with Crippen molar-refractivity contribution in [1.29, 1.82) is 0 Å². The van der Waals surface area contributed by atoms with Gasteiger partial charge in [0.2, 0.25) is 0 Å². The molecule has 0 atom stereocenters. The van der Waals surface area contributed by atoms with E-state index in [9.17, 15) is 13.6 Å². The second-order valence-corrected chi connectivity index (χ2v) is 6.49. The molecule has 1 aromatic rings. The van der Waals surface area contributed by atoms with Crippen LogP contribution in [0, 0.1) is 5.92 Å². The van der Waals surface area contributed by atoms with Crippen molar-refractivity contribution < 1.29 is 13.6 Å². The van der Waals surface area contributed by atoms with Gasteiger partial charge in [0.15, 0.2) is 0 Å². The zero-order valence-electron chi connectivity index (χ0n) is 14.4. The highest BCUT2D eigenvalue weighted by atomic mass is 19.3. The fraction of sp³-hybridized carbons (Fsp3) is 0.750. The van der Waals surface area contributed by atoms with Gasteiger partial charge in [0.1, 0.15) is 5.82 Å². The van der Waals surface area contributed by atoms with E-state index in [1.807, 2.05) is 0 Å². The SMILES string of the molecule is CC1CCN(CCCNC(=O)N(C)Cc2nccn2C(F)F)CC1. The molecule has 8 heteroatoms. The molecule has 1 aliphatic heterocycles. The van der Waals surface area contributed by atoms with Gasteiger partial charge in [0.25, 0.3) is 0 Å². The van der Waals surface area contributed by atoms with Crippen LogP contribution < -0.4 is 5.32 Å². The lowest BCUT2D eigenvalue weighted by molar-refractivity contribution is 0.0651. The first-order chi connectivity index (χ1) is 11.5. The minimum Gasteiger partial charge on any atom is -0.338 e. The number of aromatic nitrogens is 2. The van der Waals surface area contributed by atoms with Crippen molar-refractivity contribution in [2.24, 2.45) is 5.92 Å². The van der Waals surface area contributed by atoms with E-state index >= 15 is 0 Å². The van der Waals surface area contributed by atoms with E-state index in [1.54, 1.807) is 7.05 Å². The number of hydrogen-bond acceptors (Lipinski definition) is 3. The van der Waals surface area contributed by atoms with E-state index in [-0.39, 0.29) is 18.4 Å². The van der Waals surface area contributed by atoms with Gasteiger partial charge in [-0.2, -0.15) is 8.78 Å². The Hall–Kier alpha value is -1.70. The fourth-order valence-corrected chi connectivity index (χ4v) is 2.85. The highest BCUT2D eigenvalue weighted by Gasteiger charge is 2.17. The van der Waals surface area contributed by atoms with Crippen LogP contribution in [-0.4, -0.2) is 58.6 Å². The van der Waals surface area contributed by atoms with E-state index in [1.165, 1.54) is 30.1 Å². The third kappa shape index (κ3) is 5.43. The Morgan fingerprint density at radius 2 is 2.17 bits per heavy atom. The Bertz CT molecular complexity index is 514. The molecule has 0 aromatic carbocycles. The fourth-order valence-electron chi connectivity index (χ4n) is 2.85. The number of nitrogens with zero attached hydrogens (tertiary/aromatic N) is 4. The second-order valence-electron chi connectivity index (χ2n) is 6.49. The average molecular weight is 343 g/mol. The summed E-state index contributed by atoms with van der Waals surface area (Å²) < 4.78 is 26.3. The number of rotatable bonds is 7. The molecule has 0 spiro atoms. The van der Waals surface area contributed by atoms with Crippen LogP contribution in [0.25, 0.3) is 0 Å². The molecule has 1 saturated heterocycles. The summed E-state index contributed by atoms with van der Waals surface area (Å²) in [6.07, 6.45) is 5.90. The third-order valence-electron chi connectivity index (χ3n) is 4.49. The van der Waals surface area contributed by atoms with E-state index < -0.39 is 6.55 Å². The predicted octanol–water partition coefficient (Wildman–Crippen LogP) is 2.54. The lowest BCUT2D eigenvalue weighted by Crippen LogP contribution is -2.39. The van der Waals surface area contributed by atoms with Gasteiger partial charge in [-0.3, -0.25) is 4.57 Å². The van der Waals surface area contributed by atoms with Crippen LogP contribution in [-0.2, 0) is 6.54 Å². The summed E-state index contributed by atoms with van der Waals surface area (Å²) in [5, 5.41) is 2.83. The van der Waals surface area contributed by atoms with Crippen LogP contribution in [0.4, 0.5) is 13.6 Å². The number of imidazole rings is 1. The Balaban J connectivity index is 1.65. The number of urea groups is 1. The smallest absolute Gasteiger partial charge is 0.319 e. The largest absolute Gasteiger partial charge is 0.338 e. The number of carbonyl (C=O) groups excluding carboxylic acids is 1. The van der Waals surface area contributed by atoms with Gasteiger partial charge in [-0.15, -0.1) is 0 Å². The summed E-state index contributed by atoms with van der Waals surface area (Å²) in [5.74, 6) is 0.987. The first-order valence-electron chi connectivity index (χ1n) is 8.48. The van der Waals surface area contributed by atoms with E-state index in [4.69, 9.17) is 0 Å². The molecule has 2 amide bonds. The van der Waals surface area contributed by atoms with Gasteiger partial charge < -0.3 is 15.1 Å². The summed E-state index contributed by atoms with van der Waals surface area (Å²) in [4.78, 5) is 19.7. The van der Waals surface area contributed by atoms with Crippen LogP contribution in [0.1, 0.15) is 38.6 Å². The number of amides is 2. The minimum atomic E-state index is -2.65. The van der Waals surface area contributed by atoms with Crippen molar-refractivity contribution in [2.75, 3.05) is 33.2 Å². The maximum atomic E-state index is 12.8. The van der Waals surface area contributed by atoms with Crippen molar-refractivity contribution in [1.82, 2.24) is 24.7 Å². The molecular formula is C16H27F2N5O. The summed E-state index contributed by atoms with van der Waals surface area (Å²) >= 11 is 0. The van der Waals surface area contributed by atoms with E-state index in [0.29, 0.717) is 6.54 Å². The highest BCUT2D eigenvalue weighted by Crippen LogP contribution is 2.16. The van der Waals surface area contributed by atoms with Crippen LogP contribution in [0.15, 0.2) is 12.4 Å². The van der Waals surface area contributed by atoms with Crippen LogP contribution >= 0.6 is 0 Å². The second kappa shape index (κ2) is 8.96. The number of nitrogens with one attached hydrogen (secondary N) is 1. The zero-order chi connectivity index (χ0) is 17.5. The van der Waals surface area contributed by atoms with Gasteiger partial charge in [0.05, 0.1) is 6.54 Å². The summed E-state index contributed by atoms with van der Waals surface area (Å²) in [7, 11) is 1.58. The topological polar surface area (TPSA) is 53.4 Å². The maximum Gasteiger partial charge on any atom is 0.319 e. The number of alkyl halides is 2. The Labute approximate surface area is 141 Å². The molecule has 1 fully saturated rings. The van der Waals surface area contributed by atoms with Crippen molar-refractivity contribution in [3.63, 3.8) is 0 Å². The molecule has 1 aromatic heterocycles. The van der Waals surface area contributed by atoms with Gasteiger partial charge in [-0.25, -0.2) is 9.78 Å². The normalized spacial score (nSPS) is 16.5. The molecule has 1 aliphatic rings. The number of carbonyl (C=O) groups is 1. The molecule has 2 heterocycles. The standard InChI is InChI=1S/C16H27F2N5O/c1-13-4-9-22(10-5-13)8-3-6-20-16(24)21(2)12-14-19-7-11-23(14)15(17)18/h7,11,13,15H,3-6,8-10,12H2,1-2H3,(H,20,24). The lowest BCUT2D eigenvalue weighted by Gasteiger charge is -2.30. The Kier molecular flexibility index (Phi) is 6.96. The van der Waals surface area contributed by atoms with Crippen molar-refractivity contribution in [3.8, 4) is 0 Å². The monoisotopic (exact) mass is 343 g/mol. The molecule has 136 valence electrons. The third-order valence-corrected chi connectivity index (χ3v) is 4.49. The number of halogens is 2. The average Bonchev–Trinajstić information content (AvgIpc) is 3.01. The van der Waals surface area contributed by atoms with Gasteiger partial charge in [-0.1, -0.05) is 6.92 Å². The molecule has 0 aliphatic carbocycles. The molecule has 6 nitrogen and oxygen atoms in total. The lowest BCUT2D eigenvalue weighted by atomic mass is 9.99.